The molecule has 12 N–H and O–H groups in total. The standard InChI is InChI=1S/2C11H20O6S2.2C9H14N6.2C9H18N2.2C9H16O2.2CH3ClO2S.2CH3F.4CH4.2N3.2Na.2H2/c2*1-18(12,13)16-9-5-3-7-11(9)8-4-6-10(11)17-19(2,14)15;2*10-14-12-7-3-1-5-9(7)6-2-4-8(9)13-15-11;4*10-7-3-1-5-9(7)6-2-4-8(9)11;2*1-5(2,3)4;2*1-2;;;;;2*1-3-2;;;;/h2*9-10H,3-8H2,1-2H3;2*7-8H,1-6H2;2*7-8H,1-6,10-11H2;2*7-8,10-11H,1-6H2;2*1H3;2*1H3;4*1H4;;;;;2*1H/q;;;;;;;;;;;;;;;;2*-1;2*+1;;/t9-,10+,11?;9-,10-,11?;7-,8+,9?;7-,8-,9?;7-,8+,9?;7-,8-,9?;7-,8+,9?;7-,8-,9?;;;;;;;;;;;;;;/m.1.0.0.1............../s1/i;;;;;;;;;;2*1D;;;;;;;;;;. The van der Waals surface area contributed by atoms with Gasteiger partial charge in [0.1, 0.15) is 0 Å². The summed E-state index contributed by atoms with van der Waals surface area (Å²) >= 11 is 0. The van der Waals surface area contributed by atoms with E-state index in [1.807, 2.05) is 0 Å². The molecule has 0 heterocycles. The molecule has 16 saturated carbocycles. The van der Waals surface area contributed by atoms with Gasteiger partial charge in [0.05, 0.1) is 103 Å². The summed E-state index contributed by atoms with van der Waals surface area (Å²) in [6.45, 7) is 0. The Hall–Kier alpha value is -2.48. The summed E-state index contributed by atoms with van der Waals surface area (Å²) in [6, 6.07) is 1.78. The first-order valence-corrected chi connectivity index (χ1v) is 58.2. The molecule has 54 heteroatoms. The summed E-state index contributed by atoms with van der Waals surface area (Å²) in [5.41, 5.74) is 85.1. The molecule has 16 aliphatic rings. The normalized spacial score (nSPS) is 33.7. The van der Waals surface area contributed by atoms with Gasteiger partial charge in [0.2, 0.25) is 18.1 Å². The van der Waals surface area contributed by atoms with Crippen molar-refractivity contribution in [3.05, 3.63) is 73.7 Å². The van der Waals surface area contributed by atoms with Crippen molar-refractivity contribution in [3.8, 4) is 0 Å². The van der Waals surface area contributed by atoms with E-state index in [1.165, 1.54) is 86.9 Å². The van der Waals surface area contributed by atoms with E-state index in [9.17, 15) is 79.7 Å². The van der Waals surface area contributed by atoms with E-state index in [0.29, 0.717) is 60.7 Å². The third-order valence-electron chi connectivity index (χ3n) is 30.8. The molecule has 0 aromatic heterocycles. The van der Waals surface area contributed by atoms with Crippen LogP contribution in [0.2, 0.25) is 0 Å². The minimum absolute atomic E-state index is 0. The van der Waals surface area contributed by atoms with Crippen molar-refractivity contribution in [3.63, 3.8) is 0 Å². The van der Waals surface area contributed by atoms with Crippen molar-refractivity contribution in [1.29, 1.82) is 0 Å². The van der Waals surface area contributed by atoms with Crippen LogP contribution in [0.1, 0.15) is 344 Å². The first-order chi connectivity index (χ1) is 62.6. The Labute approximate surface area is 881 Å². The van der Waals surface area contributed by atoms with Crippen LogP contribution in [-0.4, -0.2) is 220 Å². The number of aliphatic hydroxyl groups excluding tert-OH is 4. The molecule has 800 valence electrons. The van der Waals surface area contributed by atoms with E-state index in [0.717, 1.165) is 243 Å². The molecule has 8 spiro atoms. The fourth-order valence-electron chi connectivity index (χ4n) is 25.3. The molecule has 4 unspecified atom stereocenters. The molecule has 0 aliphatic heterocycles. The van der Waals surface area contributed by atoms with Crippen LogP contribution in [0.4, 0.5) is 8.78 Å². The van der Waals surface area contributed by atoms with E-state index in [4.69, 9.17) is 86.7 Å². The summed E-state index contributed by atoms with van der Waals surface area (Å²) in [5, 5.41) is 54.3. The van der Waals surface area contributed by atoms with E-state index >= 15 is 0 Å². The zero-order valence-electron chi connectivity index (χ0n) is 81.2. The second kappa shape index (κ2) is 65.4. The summed E-state index contributed by atoms with van der Waals surface area (Å²) in [7, 11) is -13.6. The van der Waals surface area contributed by atoms with Gasteiger partial charge in [0.25, 0.3) is 40.5 Å². The van der Waals surface area contributed by atoms with Crippen molar-refractivity contribution < 1.29 is 161 Å². The molecule has 20 atom stereocenters. The quantitative estimate of drug-likeness (QED) is 0.0225. The molecule has 0 bridgehead atoms. The van der Waals surface area contributed by atoms with Crippen molar-refractivity contribution in [1.82, 2.24) is 0 Å². The molecular weight excluding hydrogens is 1980 g/mol. The fourth-order valence-corrected chi connectivity index (χ4v) is 28.2. The number of hydrogen-bond donors (Lipinski definition) is 8. The second-order valence-corrected chi connectivity index (χ2v) is 50.7. The van der Waals surface area contributed by atoms with Gasteiger partial charge in [-0.05, 0) is 238 Å². The summed E-state index contributed by atoms with van der Waals surface area (Å²) < 4.78 is 180. The van der Waals surface area contributed by atoms with Crippen LogP contribution >= 0.6 is 21.4 Å². The van der Waals surface area contributed by atoms with E-state index in [1.54, 1.807) is 0 Å². The number of hydrogen-bond acceptors (Lipinski definition) is 28. The van der Waals surface area contributed by atoms with Gasteiger partial charge in [-0.25, -0.2) is 16.8 Å². The van der Waals surface area contributed by atoms with Crippen LogP contribution in [0.15, 0.2) is 20.5 Å². The Morgan fingerprint density at radius 2 is 0.428 bits per heavy atom. The Bertz CT molecular complexity index is 4050. The van der Waals surface area contributed by atoms with Gasteiger partial charge in [0.15, 0.2) is 0 Å². The maximum atomic E-state index is 11.3. The molecule has 16 fully saturated rings. The topological polar surface area (TPSA) is 739 Å². The van der Waals surface area contributed by atoms with E-state index in [2.05, 4.69) is 61.5 Å². The minimum atomic E-state index is -3.54. The van der Waals surface area contributed by atoms with Gasteiger partial charge in [-0.3, -0.25) is 35.3 Å². The maximum Gasteiger partial charge on any atom is 1.00 e. The Balaban J connectivity index is -0.000000360. The van der Waals surface area contributed by atoms with Gasteiger partial charge in [0, 0.05) is 125 Å². The van der Waals surface area contributed by atoms with Crippen LogP contribution < -0.4 is 82.0 Å². The summed E-state index contributed by atoms with van der Waals surface area (Å²) in [6.07, 6.45) is 51.7. The molecule has 0 radical (unpaired) electrons. The Kier molecular flexibility index (Phi) is 65.2. The zero-order valence-corrected chi connectivity index (χ0v) is 89.6. The number of nitrogens with zero attached hydrogens (tertiary/aromatic N) is 18. The Morgan fingerprint density at radius 3 is 0.558 bits per heavy atom. The monoisotopic (exact) mass is 2150 g/mol. The minimum Gasteiger partial charge on any atom is -0.392 e. The maximum absolute atomic E-state index is 11.3. The van der Waals surface area contributed by atoms with Crippen LogP contribution in [0.3, 0.4) is 0 Å². The second-order valence-electron chi connectivity index (χ2n) is 38.2. The van der Waals surface area contributed by atoms with Crippen LogP contribution in [0.5, 0.6) is 0 Å². The van der Waals surface area contributed by atoms with Gasteiger partial charge < -0.3 is 65.5 Å². The van der Waals surface area contributed by atoms with Crippen LogP contribution in [0.25, 0.3) is 73.7 Å². The SMILES string of the molecule is C.C.C.C.CS(=O)(=O)Cl.CS(=O)(=O)Cl.CS(=O)(=O)O[C@@H]1CCCC12CCC[C@H]2OS(C)(=O)=O.CS(=O)(=O)O[C@H]1CCCC12CCC[C@H]2OS(C)(=O)=O.N[C@@H]1CCCC12CCC[C@@H]2N.N[C@H]1CCCC12CCC[C@@H]2N.O[C@@H]1CCCC12CCC[C@@H]2O.O[C@@H]1CCCC12CCC[C@H]2O.[2H]CF.[2H]CF.[HH].[HH].[N-]=[N+]=N[C@H]1CCCC12CCC[C@@H]2N=[N+]=[N-].[N-]=[N+]=N[C@H]1CCCC12CCC[C@H]2N=[N+]=[N-].[N-]=[N+]=[N-].[N-]=[N+]=[N-].[Na+].[Na+]. The van der Waals surface area contributed by atoms with E-state index < -0.39 is 108 Å². The first-order valence-electron chi connectivity index (χ1n) is 46.9. The van der Waals surface area contributed by atoms with Crippen LogP contribution in [0, 0.1) is 43.3 Å². The molecular formula is C84H168Cl2F2N22Na2O20S6. The van der Waals surface area contributed by atoms with Crippen molar-refractivity contribution in [2.45, 2.75) is 435 Å². The smallest absolute Gasteiger partial charge is 0.392 e. The molecule has 16 rings (SSSR count). The number of halogens is 4. The molecule has 0 aromatic carbocycles. The van der Waals surface area contributed by atoms with Gasteiger partial charge in [-0.1, -0.05) is 153 Å². The molecule has 0 amide bonds. The summed E-state index contributed by atoms with van der Waals surface area (Å²) in [5.74, 6) is 0. The number of alkyl halides is 2. The molecule has 138 heavy (non-hydrogen) atoms. The number of rotatable bonds is 12. The van der Waals surface area contributed by atoms with Crippen molar-refractivity contribution in [2.24, 2.45) is 86.7 Å². The Morgan fingerprint density at radius 1 is 0.297 bits per heavy atom. The van der Waals surface area contributed by atoms with Crippen molar-refractivity contribution in [2.75, 3.05) is 51.8 Å². The zero-order chi connectivity index (χ0) is 101. The molecule has 42 nitrogen and oxygen atoms in total. The van der Waals surface area contributed by atoms with Crippen molar-refractivity contribution >= 4 is 79.9 Å². The number of nitrogens with two attached hydrogens (primary N) is 4. The van der Waals surface area contributed by atoms with Gasteiger partial charge in [-0.15, -0.1) is 0 Å². The van der Waals surface area contributed by atoms with Crippen LogP contribution in [-0.2, 0) is 75.3 Å². The number of aliphatic hydroxyl groups is 4. The van der Waals surface area contributed by atoms with Gasteiger partial charge in [-0.2, -0.15) is 33.7 Å². The molecule has 16 aliphatic carbocycles. The first kappa shape index (κ1) is 138. The average Bonchev–Trinajstić information content (AvgIpc) is 1.61. The molecule has 0 saturated heterocycles. The van der Waals surface area contributed by atoms with Gasteiger partial charge >= 0.3 is 59.1 Å². The summed E-state index contributed by atoms with van der Waals surface area (Å²) in [4.78, 5) is 14.7. The molecule has 0 aromatic rings. The fraction of sp³-hybridized carbons (Fsp3) is 1.00. The third-order valence-corrected chi connectivity index (χ3v) is 33.1. The third kappa shape index (κ3) is 41.6. The van der Waals surface area contributed by atoms with E-state index in [-0.39, 0.29) is 162 Å². The number of azide groups is 4. The largest absolute Gasteiger partial charge is 1.00 e. The predicted molar refractivity (Wildman–Crippen MR) is 534 cm³/mol. The predicted octanol–water partition coefficient (Wildman–Crippen LogP) is 13.9. The average molecular weight is 2160 g/mol.